The van der Waals surface area contributed by atoms with Gasteiger partial charge in [0.25, 0.3) is 0 Å². The third kappa shape index (κ3) is 12.7. The van der Waals surface area contributed by atoms with Crippen molar-refractivity contribution in [1.29, 1.82) is 0 Å². The maximum absolute atomic E-state index is 13.0. The summed E-state index contributed by atoms with van der Waals surface area (Å²) >= 11 is 0. The van der Waals surface area contributed by atoms with Crippen LogP contribution in [0.3, 0.4) is 0 Å². The van der Waals surface area contributed by atoms with E-state index in [0.717, 1.165) is 6.07 Å². The zero-order valence-corrected chi connectivity index (χ0v) is 32.4. The van der Waals surface area contributed by atoms with Crippen molar-refractivity contribution < 1.29 is 78.9 Å². The van der Waals surface area contributed by atoms with Crippen molar-refractivity contribution in [1.82, 2.24) is 0 Å². The number of aryl methyl sites for hydroxylation is 3. The van der Waals surface area contributed by atoms with Crippen LogP contribution < -0.4 is 4.74 Å². The Bertz CT molecular complexity index is 2450. The number of rotatable bonds is 9. The first-order valence-corrected chi connectivity index (χ1v) is 17.8. The van der Waals surface area contributed by atoms with Gasteiger partial charge in [-0.25, -0.2) is 9.59 Å². The molecule has 0 spiro atoms. The van der Waals surface area contributed by atoms with Crippen molar-refractivity contribution in [2.45, 2.75) is 82.2 Å². The predicted octanol–water partition coefficient (Wildman–Crippen LogP) is -1.34. The maximum atomic E-state index is 13.0. The van der Waals surface area contributed by atoms with Crippen LogP contribution in [-0.4, -0.2) is 127 Å². The molecule has 2 fully saturated rings. The van der Waals surface area contributed by atoms with Gasteiger partial charge in [-0.15, -0.1) is 6.42 Å². The molecule has 0 bridgehead atoms. The Kier molecular flexibility index (Phi) is 17.0. The number of benzene rings is 2. The molecule has 2 saturated heterocycles. The van der Waals surface area contributed by atoms with Crippen LogP contribution in [-0.2, 0) is 23.7 Å². The molecule has 0 amide bonds. The van der Waals surface area contributed by atoms with Crippen LogP contribution in [0.5, 0.6) is 17.2 Å². The number of carbonyl (C=O) groups excluding carboxylic acids is 2. The summed E-state index contributed by atoms with van der Waals surface area (Å²) in [6.07, 6.45) is -11.1. The number of esters is 2. The quantitative estimate of drug-likeness (QED) is 0.108. The van der Waals surface area contributed by atoms with Crippen molar-refractivity contribution in [2.75, 3.05) is 13.2 Å². The highest BCUT2D eigenvalue weighted by molar-refractivity contribution is 5.95. The smallest absolute Gasteiger partial charge is 0.342 e. The average molecular weight is 833 g/mol. The molecule has 2 aromatic carbocycles. The summed E-state index contributed by atoms with van der Waals surface area (Å²) in [4.78, 5) is 25.8. The standard InChI is InChI=1S/C45H36O16/c1-5-6-7-8-9-10-11-12-13-14-15-16-17-18-19-56-29-22-28(4)35(31(47)23-29)43(55)58-25-33-37(49)39(51)41(53)45(60-33)61-44-40(52)38(50)36(48)32(59-44)24-57-42(54)34-27(3)20-26(2)21-30(34)46/h1,20-23,32-33,36-41,44-53H,24-25H2,2-4H3/t32-,33-,36-,37-,38+,39+,40-,41-,44-,45-/m1/s1. The first kappa shape index (κ1) is 46.6. The third-order valence-electron chi connectivity index (χ3n) is 8.56. The Balaban J connectivity index is 1.34. The molecular weight excluding hydrogens is 796 g/mol. The Morgan fingerprint density at radius 2 is 0.984 bits per heavy atom. The Morgan fingerprint density at radius 3 is 1.41 bits per heavy atom. The number of aliphatic hydroxyl groups is 6. The number of terminal acetylenes is 1. The van der Waals surface area contributed by atoms with E-state index in [2.05, 4.69) is 89.0 Å². The molecule has 2 aromatic rings. The van der Waals surface area contributed by atoms with E-state index >= 15 is 0 Å². The number of hydrogen-bond acceptors (Lipinski definition) is 16. The molecule has 4 rings (SSSR count). The molecule has 8 N–H and O–H groups in total. The number of aromatic hydroxyl groups is 2. The van der Waals surface area contributed by atoms with Crippen molar-refractivity contribution in [3.8, 4) is 113 Å². The zero-order chi connectivity index (χ0) is 44.6. The summed E-state index contributed by atoms with van der Waals surface area (Å²) < 4.78 is 32.3. The maximum Gasteiger partial charge on any atom is 0.342 e. The normalized spacial score (nSPS) is 24.5. The monoisotopic (exact) mass is 832 g/mol. The minimum atomic E-state index is -1.98. The molecule has 0 aromatic heterocycles. The second-order valence-electron chi connectivity index (χ2n) is 12.9. The first-order chi connectivity index (χ1) is 29.1. The second-order valence-corrected chi connectivity index (χ2v) is 12.9. The molecule has 61 heavy (non-hydrogen) atoms. The lowest BCUT2D eigenvalue weighted by molar-refractivity contribution is -0.376. The first-order valence-electron chi connectivity index (χ1n) is 17.8. The van der Waals surface area contributed by atoms with Crippen molar-refractivity contribution >= 4 is 11.9 Å². The molecule has 312 valence electrons. The van der Waals surface area contributed by atoms with Crippen LogP contribution >= 0.6 is 0 Å². The van der Waals surface area contributed by atoms with E-state index in [1.54, 1.807) is 19.9 Å². The number of phenolic OH excluding ortho intramolecular Hbond substituents is 2. The number of phenols is 2. The molecule has 10 atom stereocenters. The van der Waals surface area contributed by atoms with E-state index in [-0.39, 0.29) is 28.2 Å². The van der Waals surface area contributed by atoms with Crippen molar-refractivity contribution in [3.63, 3.8) is 0 Å². The highest BCUT2D eigenvalue weighted by Crippen LogP contribution is 2.31. The van der Waals surface area contributed by atoms with E-state index in [0.29, 0.717) is 11.1 Å². The van der Waals surface area contributed by atoms with E-state index in [1.807, 2.05) is 0 Å². The van der Waals surface area contributed by atoms with Gasteiger partial charge in [0.1, 0.15) is 96.5 Å². The van der Waals surface area contributed by atoms with Crippen molar-refractivity contribution in [3.05, 3.63) is 52.1 Å². The SMILES string of the molecule is C#CC#CC#CC#CC#CC#CC#CC#COc1cc(C)c(C(=O)OC[C@H]2O[C@H](O[C@H]3O[C@H](COC(=O)c4c(C)cc(C)cc4O)[C@@H](O)[C@H](O)[C@H]3O)[C@H](O)[C@@H](O)[C@@H]2O)c(O)c1. The van der Waals surface area contributed by atoms with E-state index in [9.17, 15) is 50.4 Å². The van der Waals surface area contributed by atoms with Gasteiger partial charge in [-0.2, -0.15) is 0 Å². The van der Waals surface area contributed by atoms with Crippen LogP contribution in [0, 0.1) is 116 Å². The van der Waals surface area contributed by atoms with Gasteiger partial charge in [0, 0.05) is 47.5 Å². The molecule has 2 aliphatic heterocycles. The topological polar surface area (TPSA) is 251 Å². The Hall–Kier alpha value is -7.10. The van der Waals surface area contributed by atoms with Gasteiger partial charge in [0.05, 0.1) is 0 Å². The third-order valence-corrected chi connectivity index (χ3v) is 8.56. The molecule has 0 unspecified atom stereocenters. The highest BCUT2D eigenvalue weighted by atomic mass is 16.8. The van der Waals surface area contributed by atoms with E-state index < -0.39 is 92.3 Å². The number of hydrogen-bond donors (Lipinski definition) is 8. The summed E-state index contributed by atoms with van der Waals surface area (Å²) in [6, 6.07) is 5.42. The number of ether oxygens (including phenoxy) is 6. The number of aliphatic hydroxyl groups excluding tert-OH is 6. The zero-order valence-electron chi connectivity index (χ0n) is 32.4. The lowest BCUT2D eigenvalue weighted by Crippen LogP contribution is -2.64. The molecule has 2 heterocycles. The molecule has 2 aliphatic rings. The highest BCUT2D eigenvalue weighted by Gasteiger charge is 2.50. The van der Waals surface area contributed by atoms with E-state index in [1.165, 1.54) is 19.1 Å². The second kappa shape index (κ2) is 22.3. The molecule has 16 heteroatoms. The lowest BCUT2D eigenvalue weighted by atomic mass is 9.98. The van der Waals surface area contributed by atoms with Crippen LogP contribution in [0.4, 0.5) is 0 Å². The summed E-state index contributed by atoms with van der Waals surface area (Å²) in [6.45, 7) is 3.28. The summed E-state index contributed by atoms with van der Waals surface area (Å²) in [7, 11) is 0. The molecule has 0 radical (unpaired) electrons. The van der Waals surface area contributed by atoms with E-state index in [4.69, 9.17) is 34.8 Å². The van der Waals surface area contributed by atoms with Gasteiger partial charge in [-0.3, -0.25) is 0 Å². The van der Waals surface area contributed by atoms with Crippen LogP contribution in [0.2, 0.25) is 0 Å². The van der Waals surface area contributed by atoms with Gasteiger partial charge in [0.15, 0.2) is 12.6 Å². The minimum absolute atomic E-state index is 0.0405. The van der Waals surface area contributed by atoms with Crippen LogP contribution in [0.1, 0.15) is 37.4 Å². The fraction of sp³-hybridized carbons (Fsp3) is 0.333. The van der Waals surface area contributed by atoms with Crippen LogP contribution in [0.15, 0.2) is 24.3 Å². The van der Waals surface area contributed by atoms with Gasteiger partial charge in [-0.1, -0.05) is 6.07 Å². The molecule has 0 aliphatic carbocycles. The molecule has 0 saturated carbocycles. The van der Waals surface area contributed by atoms with Crippen molar-refractivity contribution in [2.24, 2.45) is 0 Å². The van der Waals surface area contributed by atoms with Crippen LogP contribution in [0.25, 0.3) is 0 Å². The summed E-state index contributed by atoms with van der Waals surface area (Å²) in [5.41, 5.74) is 0.831. The predicted molar refractivity (Wildman–Crippen MR) is 209 cm³/mol. The molecular formula is C45H36O16. The fourth-order valence-electron chi connectivity index (χ4n) is 5.69. The summed E-state index contributed by atoms with van der Waals surface area (Å²) in [5, 5.41) is 84.4. The van der Waals surface area contributed by atoms with Gasteiger partial charge in [-0.05, 0) is 91.0 Å². The fourth-order valence-corrected chi connectivity index (χ4v) is 5.69. The molecule has 16 nitrogen and oxygen atoms in total. The Morgan fingerprint density at radius 1 is 0.574 bits per heavy atom. The lowest BCUT2D eigenvalue weighted by Gasteiger charge is -2.44. The number of carbonyl (C=O) groups is 2. The van der Waals surface area contributed by atoms with Gasteiger partial charge >= 0.3 is 11.9 Å². The van der Waals surface area contributed by atoms with Gasteiger partial charge < -0.3 is 69.3 Å². The largest absolute Gasteiger partial charge is 0.507 e. The Labute approximate surface area is 350 Å². The summed E-state index contributed by atoms with van der Waals surface area (Å²) in [5.74, 6) is 30.6. The minimum Gasteiger partial charge on any atom is -0.507 e. The average Bonchev–Trinajstić information content (AvgIpc) is 3.21. The van der Waals surface area contributed by atoms with Gasteiger partial charge in [0.2, 0.25) is 0 Å².